The maximum atomic E-state index is 11.0. The normalized spacial score (nSPS) is 12.5. The van der Waals surface area contributed by atoms with Crippen LogP contribution in [0.3, 0.4) is 0 Å². The Morgan fingerprint density at radius 1 is 1.85 bits per heavy atom. The molecule has 1 rings (SSSR count). The maximum absolute atomic E-state index is 11.0. The Morgan fingerprint density at radius 2 is 2.54 bits per heavy atom. The SMILES string of the molecule is COC(=O)C(Br)Cn1nccc1C. The van der Waals surface area contributed by atoms with Crippen molar-refractivity contribution in [3.05, 3.63) is 18.0 Å². The van der Waals surface area contributed by atoms with Crippen LogP contribution in [0.15, 0.2) is 12.3 Å². The fraction of sp³-hybridized carbons (Fsp3) is 0.500. The average Bonchev–Trinajstić information content (AvgIpc) is 2.50. The first-order chi connectivity index (χ1) is 6.15. The first kappa shape index (κ1) is 10.2. The number of hydrogen-bond donors (Lipinski definition) is 0. The number of ether oxygens (including phenoxy) is 1. The zero-order valence-electron chi connectivity index (χ0n) is 7.53. The Morgan fingerprint density at radius 3 is 3.00 bits per heavy atom. The molecule has 0 aliphatic heterocycles. The van der Waals surface area contributed by atoms with Gasteiger partial charge in [-0.1, -0.05) is 15.9 Å². The molecule has 0 fully saturated rings. The van der Waals surface area contributed by atoms with E-state index in [2.05, 4.69) is 25.8 Å². The molecule has 4 nitrogen and oxygen atoms in total. The van der Waals surface area contributed by atoms with Crippen LogP contribution in [0.1, 0.15) is 5.69 Å². The first-order valence-electron chi connectivity index (χ1n) is 3.85. The molecule has 1 atom stereocenters. The molecule has 5 heteroatoms. The highest BCUT2D eigenvalue weighted by atomic mass is 79.9. The van der Waals surface area contributed by atoms with Crippen LogP contribution in [0, 0.1) is 6.92 Å². The molecule has 1 aromatic rings. The second-order valence-corrected chi connectivity index (χ2v) is 3.75. The molecule has 0 radical (unpaired) electrons. The summed E-state index contributed by atoms with van der Waals surface area (Å²) in [6.45, 7) is 2.43. The number of aryl methyl sites for hydroxylation is 1. The largest absolute Gasteiger partial charge is 0.468 e. The van der Waals surface area contributed by atoms with E-state index < -0.39 is 0 Å². The lowest BCUT2D eigenvalue weighted by atomic mass is 10.4. The fourth-order valence-electron chi connectivity index (χ4n) is 0.944. The molecule has 1 aromatic heterocycles. The molecule has 13 heavy (non-hydrogen) atoms. The summed E-state index contributed by atoms with van der Waals surface area (Å²) in [4.78, 5) is 10.7. The molecule has 0 amide bonds. The lowest BCUT2D eigenvalue weighted by Crippen LogP contribution is -2.22. The van der Waals surface area contributed by atoms with Gasteiger partial charge in [0.15, 0.2) is 0 Å². The van der Waals surface area contributed by atoms with Gasteiger partial charge in [-0.05, 0) is 13.0 Å². The predicted octanol–water partition coefficient (Wildman–Crippen LogP) is 1.13. The van der Waals surface area contributed by atoms with E-state index in [1.54, 1.807) is 10.9 Å². The van der Waals surface area contributed by atoms with Gasteiger partial charge in [0.2, 0.25) is 0 Å². The molecular formula is C8H11BrN2O2. The monoisotopic (exact) mass is 246 g/mol. The van der Waals surface area contributed by atoms with Gasteiger partial charge in [0, 0.05) is 11.9 Å². The Bertz CT molecular complexity index is 298. The average molecular weight is 247 g/mol. The number of alkyl halides is 1. The fourth-order valence-corrected chi connectivity index (χ4v) is 1.41. The van der Waals surface area contributed by atoms with Crippen LogP contribution in [-0.2, 0) is 16.1 Å². The van der Waals surface area contributed by atoms with Crippen molar-refractivity contribution in [3.63, 3.8) is 0 Å². The second kappa shape index (κ2) is 4.41. The van der Waals surface area contributed by atoms with Crippen LogP contribution in [-0.4, -0.2) is 27.7 Å². The highest BCUT2D eigenvalue weighted by Gasteiger charge is 2.16. The van der Waals surface area contributed by atoms with Gasteiger partial charge in [0.05, 0.1) is 13.7 Å². The number of halogens is 1. The molecule has 0 bridgehead atoms. The topological polar surface area (TPSA) is 44.1 Å². The van der Waals surface area contributed by atoms with Crippen molar-refractivity contribution in [3.8, 4) is 0 Å². The third kappa shape index (κ3) is 2.55. The van der Waals surface area contributed by atoms with Gasteiger partial charge in [-0.25, -0.2) is 0 Å². The molecule has 0 aliphatic carbocycles. The lowest BCUT2D eigenvalue weighted by Gasteiger charge is -2.08. The van der Waals surface area contributed by atoms with Gasteiger partial charge in [0.1, 0.15) is 4.83 Å². The first-order valence-corrected chi connectivity index (χ1v) is 4.77. The molecule has 0 saturated carbocycles. The number of esters is 1. The smallest absolute Gasteiger partial charge is 0.321 e. The van der Waals surface area contributed by atoms with Gasteiger partial charge < -0.3 is 4.74 Å². The Kier molecular flexibility index (Phi) is 3.48. The molecule has 0 saturated heterocycles. The Balaban J connectivity index is 2.59. The number of hydrogen-bond acceptors (Lipinski definition) is 3. The molecule has 0 spiro atoms. The van der Waals surface area contributed by atoms with E-state index in [0.717, 1.165) is 5.69 Å². The molecule has 1 unspecified atom stereocenters. The predicted molar refractivity (Wildman–Crippen MR) is 51.7 cm³/mol. The number of nitrogens with zero attached hydrogens (tertiary/aromatic N) is 2. The van der Waals surface area contributed by atoms with Gasteiger partial charge >= 0.3 is 5.97 Å². The summed E-state index contributed by atoms with van der Waals surface area (Å²) >= 11 is 3.22. The van der Waals surface area contributed by atoms with Crippen LogP contribution in [0.2, 0.25) is 0 Å². The molecule has 72 valence electrons. The number of rotatable bonds is 3. The van der Waals surface area contributed by atoms with Crippen molar-refractivity contribution < 1.29 is 9.53 Å². The van der Waals surface area contributed by atoms with Crippen molar-refractivity contribution in [1.29, 1.82) is 0 Å². The van der Waals surface area contributed by atoms with Crippen LogP contribution in [0.5, 0.6) is 0 Å². The summed E-state index contributed by atoms with van der Waals surface area (Å²) in [7, 11) is 1.37. The number of methoxy groups -OCH3 is 1. The van der Waals surface area contributed by atoms with E-state index in [9.17, 15) is 4.79 Å². The van der Waals surface area contributed by atoms with Gasteiger partial charge in [-0.3, -0.25) is 9.48 Å². The van der Waals surface area contributed by atoms with E-state index in [1.807, 2.05) is 13.0 Å². The quantitative estimate of drug-likeness (QED) is 0.594. The minimum absolute atomic E-state index is 0.282. The van der Waals surface area contributed by atoms with Crippen LogP contribution in [0.4, 0.5) is 0 Å². The van der Waals surface area contributed by atoms with E-state index in [4.69, 9.17) is 0 Å². The second-order valence-electron chi connectivity index (χ2n) is 2.65. The molecule has 0 aromatic carbocycles. The highest BCUT2D eigenvalue weighted by Crippen LogP contribution is 2.07. The van der Waals surface area contributed by atoms with Crippen molar-refractivity contribution in [1.82, 2.24) is 9.78 Å². The van der Waals surface area contributed by atoms with E-state index in [1.165, 1.54) is 7.11 Å². The molecule has 0 N–H and O–H groups in total. The van der Waals surface area contributed by atoms with Gasteiger partial charge in [0.25, 0.3) is 0 Å². The summed E-state index contributed by atoms with van der Waals surface area (Å²) in [5.74, 6) is -0.282. The minimum atomic E-state index is -0.337. The summed E-state index contributed by atoms with van der Waals surface area (Å²) in [5.41, 5.74) is 1.02. The number of aromatic nitrogens is 2. The van der Waals surface area contributed by atoms with Crippen molar-refractivity contribution in [2.24, 2.45) is 0 Å². The molecule has 0 aliphatic rings. The van der Waals surface area contributed by atoms with E-state index in [0.29, 0.717) is 6.54 Å². The summed E-state index contributed by atoms with van der Waals surface area (Å²) in [6, 6.07) is 1.89. The lowest BCUT2D eigenvalue weighted by molar-refractivity contribution is -0.140. The van der Waals surface area contributed by atoms with Crippen molar-refractivity contribution in [2.45, 2.75) is 18.3 Å². The number of carbonyl (C=O) groups excluding carboxylic acids is 1. The van der Waals surface area contributed by atoms with Crippen molar-refractivity contribution in [2.75, 3.05) is 7.11 Å². The minimum Gasteiger partial charge on any atom is -0.468 e. The van der Waals surface area contributed by atoms with E-state index in [-0.39, 0.29) is 10.8 Å². The zero-order valence-corrected chi connectivity index (χ0v) is 9.11. The summed E-state index contributed by atoms with van der Waals surface area (Å²) < 4.78 is 6.32. The van der Waals surface area contributed by atoms with E-state index >= 15 is 0 Å². The standard InChI is InChI=1S/C8H11BrN2O2/c1-6-3-4-10-11(6)5-7(9)8(12)13-2/h3-4,7H,5H2,1-2H3. The Hall–Kier alpha value is -0.840. The Labute approximate surface area is 85.0 Å². The van der Waals surface area contributed by atoms with Gasteiger partial charge in [-0.2, -0.15) is 5.10 Å². The number of carbonyl (C=O) groups is 1. The summed E-state index contributed by atoms with van der Waals surface area (Å²) in [5, 5.41) is 4.05. The summed E-state index contributed by atoms with van der Waals surface area (Å²) in [6.07, 6.45) is 1.70. The maximum Gasteiger partial charge on any atom is 0.321 e. The molecular weight excluding hydrogens is 236 g/mol. The third-order valence-electron chi connectivity index (χ3n) is 1.72. The van der Waals surface area contributed by atoms with Crippen LogP contribution >= 0.6 is 15.9 Å². The van der Waals surface area contributed by atoms with Crippen LogP contribution < -0.4 is 0 Å². The van der Waals surface area contributed by atoms with Crippen LogP contribution in [0.25, 0.3) is 0 Å². The molecule has 1 heterocycles. The van der Waals surface area contributed by atoms with Gasteiger partial charge in [-0.15, -0.1) is 0 Å². The zero-order chi connectivity index (χ0) is 9.84. The highest BCUT2D eigenvalue weighted by molar-refractivity contribution is 9.10. The third-order valence-corrected chi connectivity index (χ3v) is 2.38. The van der Waals surface area contributed by atoms with Crippen molar-refractivity contribution >= 4 is 21.9 Å².